The van der Waals surface area contributed by atoms with E-state index in [2.05, 4.69) is 10.3 Å². The number of hydrogen-bond donors (Lipinski definition) is 1. The Labute approximate surface area is 157 Å². The van der Waals surface area contributed by atoms with Gasteiger partial charge in [0.15, 0.2) is 0 Å². The molecule has 3 aromatic rings. The zero-order valence-electron chi connectivity index (χ0n) is 14.6. The molecule has 1 heterocycles. The highest BCUT2D eigenvalue weighted by Gasteiger charge is 2.16. The number of ether oxygens (including phenoxy) is 1. The van der Waals surface area contributed by atoms with Gasteiger partial charge in [-0.1, -0.05) is 35.9 Å². The number of benzene rings is 2. The van der Waals surface area contributed by atoms with Crippen molar-refractivity contribution in [1.82, 2.24) is 10.3 Å². The van der Waals surface area contributed by atoms with Crippen LogP contribution in [0.15, 0.2) is 52.9 Å². The fraction of sp³-hybridized carbons (Fsp3) is 0.200. The van der Waals surface area contributed by atoms with Gasteiger partial charge in [0.05, 0.1) is 29.8 Å². The number of carbonyl (C=O) groups is 1. The molecule has 0 fully saturated rings. The van der Waals surface area contributed by atoms with Crippen molar-refractivity contribution >= 4 is 17.5 Å². The summed E-state index contributed by atoms with van der Waals surface area (Å²) in [6, 6.07) is 14.9. The van der Waals surface area contributed by atoms with Crippen molar-refractivity contribution in [2.24, 2.45) is 0 Å². The second-order valence-electron chi connectivity index (χ2n) is 5.80. The third-order valence-corrected chi connectivity index (χ3v) is 4.30. The number of oxazole rings is 1. The fourth-order valence-corrected chi connectivity index (χ4v) is 2.72. The molecule has 0 radical (unpaired) electrons. The SMILES string of the molecule is COc1ccc(CNC(=O)Cc2nc(-c3ccccc3Cl)oc2C)cc1. The lowest BCUT2D eigenvalue weighted by atomic mass is 10.2. The molecule has 0 aliphatic heterocycles. The maximum atomic E-state index is 12.2. The molecule has 0 aliphatic rings. The molecule has 0 saturated carbocycles. The van der Waals surface area contributed by atoms with Crippen LogP contribution >= 0.6 is 11.6 Å². The van der Waals surface area contributed by atoms with Crippen LogP contribution in [0.2, 0.25) is 5.02 Å². The van der Waals surface area contributed by atoms with E-state index >= 15 is 0 Å². The van der Waals surface area contributed by atoms with Crippen LogP contribution in [0.25, 0.3) is 11.5 Å². The lowest BCUT2D eigenvalue weighted by Gasteiger charge is -2.05. The number of rotatable bonds is 6. The zero-order chi connectivity index (χ0) is 18.5. The van der Waals surface area contributed by atoms with Crippen molar-refractivity contribution in [3.8, 4) is 17.2 Å². The average molecular weight is 371 g/mol. The van der Waals surface area contributed by atoms with Crippen molar-refractivity contribution < 1.29 is 13.9 Å². The van der Waals surface area contributed by atoms with Crippen LogP contribution in [-0.4, -0.2) is 18.0 Å². The predicted molar refractivity (Wildman–Crippen MR) is 100 cm³/mol. The lowest BCUT2D eigenvalue weighted by Crippen LogP contribution is -2.24. The molecule has 0 atom stereocenters. The zero-order valence-corrected chi connectivity index (χ0v) is 15.3. The minimum Gasteiger partial charge on any atom is -0.497 e. The first-order chi connectivity index (χ1) is 12.6. The topological polar surface area (TPSA) is 64.4 Å². The number of nitrogens with zero attached hydrogens (tertiary/aromatic N) is 1. The number of amides is 1. The van der Waals surface area contributed by atoms with E-state index in [0.29, 0.717) is 34.5 Å². The smallest absolute Gasteiger partial charge is 0.228 e. The Morgan fingerprint density at radius 1 is 1.19 bits per heavy atom. The first-order valence-corrected chi connectivity index (χ1v) is 8.55. The minimum absolute atomic E-state index is 0.122. The van der Waals surface area contributed by atoms with E-state index in [-0.39, 0.29) is 12.3 Å². The molecule has 134 valence electrons. The Kier molecular flexibility index (Phi) is 5.58. The Morgan fingerprint density at radius 2 is 1.92 bits per heavy atom. The minimum atomic E-state index is -0.122. The summed E-state index contributed by atoms with van der Waals surface area (Å²) in [6.07, 6.45) is 0.149. The largest absolute Gasteiger partial charge is 0.497 e. The van der Waals surface area contributed by atoms with Crippen molar-refractivity contribution in [2.45, 2.75) is 19.9 Å². The van der Waals surface area contributed by atoms with Gasteiger partial charge in [0.1, 0.15) is 11.5 Å². The van der Waals surface area contributed by atoms with E-state index in [0.717, 1.165) is 11.3 Å². The number of nitrogens with one attached hydrogen (secondary N) is 1. The van der Waals surface area contributed by atoms with Crippen molar-refractivity contribution in [2.75, 3.05) is 7.11 Å². The summed E-state index contributed by atoms with van der Waals surface area (Å²) in [6.45, 7) is 2.23. The maximum Gasteiger partial charge on any atom is 0.228 e. The number of halogens is 1. The van der Waals surface area contributed by atoms with E-state index in [1.165, 1.54) is 0 Å². The molecule has 0 saturated heterocycles. The Balaban J connectivity index is 1.63. The Hall–Kier alpha value is -2.79. The van der Waals surface area contributed by atoms with E-state index < -0.39 is 0 Å². The third kappa shape index (κ3) is 4.24. The second kappa shape index (κ2) is 8.06. The molecule has 6 heteroatoms. The molecule has 0 aliphatic carbocycles. The number of aryl methyl sites for hydroxylation is 1. The van der Waals surface area contributed by atoms with Crippen LogP contribution in [0, 0.1) is 6.92 Å². The van der Waals surface area contributed by atoms with Crippen molar-refractivity contribution in [1.29, 1.82) is 0 Å². The molecule has 0 bridgehead atoms. The molecule has 1 aromatic heterocycles. The molecule has 1 N–H and O–H groups in total. The highest BCUT2D eigenvalue weighted by molar-refractivity contribution is 6.33. The average Bonchev–Trinajstić information content (AvgIpc) is 3.01. The number of hydrogen-bond acceptors (Lipinski definition) is 4. The fourth-order valence-electron chi connectivity index (χ4n) is 2.50. The Morgan fingerprint density at radius 3 is 2.62 bits per heavy atom. The standard InChI is InChI=1S/C20H19ClN2O3/c1-13-18(23-20(26-13)16-5-3-4-6-17(16)21)11-19(24)22-12-14-7-9-15(25-2)10-8-14/h3-10H,11-12H2,1-2H3,(H,22,24). The summed E-state index contributed by atoms with van der Waals surface area (Å²) >= 11 is 6.18. The first kappa shape index (κ1) is 18.0. The third-order valence-electron chi connectivity index (χ3n) is 3.97. The highest BCUT2D eigenvalue weighted by Crippen LogP contribution is 2.28. The van der Waals surface area contributed by atoms with Crippen molar-refractivity contribution in [3.05, 3.63) is 70.6 Å². The summed E-state index contributed by atoms with van der Waals surface area (Å²) in [5.41, 5.74) is 2.31. The molecule has 0 spiro atoms. The van der Waals surface area contributed by atoms with Crippen LogP contribution < -0.4 is 10.1 Å². The quantitative estimate of drug-likeness (QED) is 0.707. The number of carbonyl (C=O) groups excluding carboxylic acids is 1. The van der Waals surface area contributed by atoms with E-state index in [1.807, 2.05) is 42.5 Å². The monoisotopic (exact) mass is 370 g/mol. The number of aromatic nitrogens is 1. The van der Waals surface area contributed by atoms with Crippen LogP contribution in [0.1, 0.15) is 17.0 Å². The molecule has 5 nitrogen and oxygen atoms in total. The van der Waals surface area contributed by atoms with Gasteiger partial charge in [0.25, 0.3) is 0 Å². The van der Waals surface area contributed by atoms with E-state index in [9.17, 15) is 4.79 Å². The molecule has 1 amide bonds. The van der Waals surface area contributed by atoms with Crippen LogP contribution in [0.3, 0.4) is 0 Å². The van der Waals surface area contributed by atoms with Crippen LogP contribution in [0.5, 0.6) is 5.75 Å². The normalized spacial score (nSPS) is 10.6. The lowest BCUT2D eigenvalue weighted by molar-refractivity contribution is -0.120. The van der Waals surface area contributed by atoms with Crippen molar-refractivity contribution in [3.63, 3.8) is 0 Å². The van der Waals surface area contributed by atoms with Gasteiger partial charge in [-0.3, -0.25) is 4.79 Å². The van der Waals surface area contributed by atoms with E-state index in [1.54, 1.807) is 20.1 Å². The van der Waals surface area contributed by atoms with E-state index in [4.69, 9.17) is 20.8 Å². The van der Waals surface area contributed by atoms with Gasteiger partial charge in [-0.25, -0.2) is 4.98 Å². The maximum absolute atomic E-state index is 12.2. The predicted octanol–water partition coefficient (Wildman–Crippen LogP) is 4.17. The second-order valence-corrected chi connectivity index (χ2v) is 6.21. The summed E-state index contributed by atoms with van der Waals surface area (Å²) < 4.78 is 10.8. The highest BCUT2D eigenvalue weighted by atomic mass is 35.5. The molecular formula is C20H19ClN2O3. The summed E-state index contributed by atoms with van der Waals surface area (Å²) in [4.78, 5) is 16.7. The first-order valence-electron chi connectivity index (χ1n) is 8.17. The van der Waals surface area contributed by atoms with Gasteiger partial charge in [-0.05, 0) is 36.8 Å². The molecule has 26 heavy (non-hydrogen) atoms. The van der Waals surface area contributed by atoms with Gasteiger partial charge in [0, 0.05) is 6.54 Å². The van der Waals surface area contributed by atoms with Crippen LogP contribution in [0.4, 0.5) is 0 Å². The van der Waals surface area contributed by atoms with Gasteiger partial charge in [-0.15, -0.1) is 0 Å². The summed E-state index contributed by atoms with van der Waals surface area (Å²) in [5.74, 6) is 1.69. The van der Waals surface area contributed by atoms with Gasteiger partial charge >= 0.3 is 0 Å². The summed E-state index contributed by atoms with van der Waals surface area (Å²) in [7, 11) is 1.62. The van der Waals surface area contributed by atoms with Gasteiger partial charge in [-0.2, -0.15) is 0 Å². The molecular weight excluding hydrogens is 352 g/mol. The Bertz CT molecular complexity index is 904. The molecule has 3 rings (SSSR count). The van der Waals surface area contributed by atoms with Gasteiger partial charge in [0.2, 0.25) is 11.8 Å². The number of methoxy groups -OCH3 is 1. The van der Waals surface area contributed by atoms with Gasteiger partial charge < -0.3 is 14.5 Å². The molecule has 2 aromatic carbocycles. The van der Waals surface area contributed by atoms with Crippen LogP contribution in [-0.2, 0) is 17.8 Å². The molecule has 0 unspecified atom stereocenters. The summed E-state index contributed by atoms with van der Waals surface area (Å²) in [5, 5.41) is 3.44.